The molecule has 98 valence electrons. The van der Waals surface area contributed by atoms with Crippen LogP contribution in [0.15, 0.2) is 41.6 Å². The van der Waals surface area contributed by atoms with Crippen LogP contribution in [0.4, 0.5) is 11.5 Å². The Balaban J connectivity index is 2.16. The average molecular weight is 275 g/mol. The monoisotopic (exact) mass is 275 g/mol. The normalized spacial score (nSPS) is 10.0. The number of nitrogens with one attached hydrogen (secondary N) is 2. The molecular weight excluding hydrogens is 262 g/mol. The van der Waals surface area contributed by atoms with Gasteiger partial charge in [0.15, 0.2) is 5.82 Å². The van der Waals surface area contributed by atoms with Crippen LogP contribution in [0.1, 0.15) is 10.5 Å². The maximum atomic E-state index is 12.0. The van der Waals surface area contributed by atoms with Gasteiger partial charge in [-0.05, 0) is 18.4 Å². The van der Waals surface area contributed by atoms with Crippen LogP contribution >= 0.6 is 11.8 Å². The number of carbonyl (C=O) groups excluding carboxylic acids is 1. The first-order chi connectivity index (χ1) is 9.24. The number of carbonyl (C=O) groups is 1. The third-order valence-electron chi connectivity index (χ3n) is 2.39. The van der Waals surface area contributed by atoms with Gasteiger partial charge in [0.1, 0.15) is 5.69 Å². The highest BCUT2D eigenvalue weighted by Gasteiger charge is 2.10. The van der Waals surface area contributed by atoms with Crippen molar-refractivity contribution in [2.75, 3.05) is 17.0 Å². The minimum atomic E-state index is -0.308. The first-order valence-corrected chi connectivity index (χ1v) is 6.70. The number of thioether (sulfide) groups is 1. The van der Waals surface area contributed by atoms with Crippen molar-refractivity contribution in [2.45, 2.75) is 4.90 Å². The van der Waals surface area contributed by atoms with E-state index in [0.29, 0.717) is 5.82 Å². The number of hydrogen-bond acceptors (Lipinski definition) is 6. The molecule has 0 saturated heterocycles. The van der Waals surface area contributed by atoms with Crippen LogP contribution in [0.5, 0.6) is 0 Å². The van der Waals surface area contributed by atoms with Crippen molar-refractivity contribution < 1.29 is 4.79 Å². The smallest absolute Gasteiger partial charge is 0.275 e. The van der Waals surface area contributed by atoms with Crippen molar-refractivity contribution in [1.29, 1.82) is 0 Å². The first-order valence-electron chi connectivity index (χ1n) is 5.47. The minimum absolute atomic E-state index is 0.231. The van der Waals surface area contributed by atoms with Crippen LogP contribution in [0, 0.1) is 0 Å². The quantitative estimate of drug-likeness (QED) is 0.447. The fourth-order valence-corrected chi connectivity index (χ4v) is 2.01. The predicted octanol–water partition coefficient (Wildman–Crippen LogP) is 1.74. The van der Waals surface area contributed by atoms with Gasteiger partial charge in [0.2, 0.25) is 0 Å². The van der Waals surface area contributed by atoms with Gasteiger partial charge in [-0.15, -0.1) is 11.8 Å². The second kappa shape index (κ2) is 6.17. The number of anilines is 2. The summed E-state index contributed by atoms with van der Waals surface area (Å²) in [6.07, 6.45) is 4.72. The van der Waals surface area contributed by atoms with Gasteiger partial charge in [-0.1, -0.05) is 12.1 Å². The molecule has 0 aliphatic rings. The number of hydrazine groups is 1. The van der Waals surface area contributed by atoms with Crippen LogP contribution in [0.25, 0.3) is 0 Å². The summed E-state index contributed by atoms with van der Waals surface area (Å²) in [5, 5.41) is 2.80. The lowest BCUT2D eigenvalue weighted by Crippen LogP contribution is -2.16. The van der Waals surface area contributed by atoms with Crippen molar-refractivity contribution in [2.24, 2.45) is 5.84 Å². The molecular formula is C12H13N5OS. The Morgan fingerprint density at radius 2 is 2.05 bits per heavy atom. The Labute approximate surface area is 114 Å². The molecule has 0 bridgehead atoms. The Morgan fingerprint density at radius 3 is 2.68 bits per heavy atom. The van der Waals surface area contributed by atoms with E-state index in [2.05, 4.69) is 20.7 Å². The largest absolute Gasteiger partial charge is 0.320 e. The molecule has 1 aromatic carbocycles. The Bertz CT molecular complexity index is 573. The summed E-state index contributed by atoms with van der Waals surface area (Å²) in [6, 6.07) is 7.56. The fraction of sp³-hybridized carbons (Fsp3) is 0.0833. The van der Waals surface area contributed by atoms with Crippen LogP contribution in [-0.2, 0) is 0 Å². The van der Waals surface area contributed by atoms with Crippen molar-refractivity contribution >= 4 is 29.2 Å². The maximum absolute atomic E-state index is 12.0. The number of benzene rings is 1. The van der Waals surface area contributed by atoms with Gasteiger partial charge in [-0.25, -0.2) is 15.8 Å². The molecule has 1 aromatic heterocycles. The van der Waals surface area contributed by atoms with Crippen molar-refractivity contribution in [3.8, 4) is 0 Å². The van der Waals surface area contributed by atoms with Gasteiger partial charge in [0.25, 0.3) is 5.91 Å². The van der Waals surface area contributed by atoms with Crippen molar-refractivity contribution in [3.05, 3.63) is 42.4 Å². The van der Waals surface area contributed by atoms with Gasteiger partial charge in [-0.2, -0.15) is 0 Å². The second-order valence-electron chi connectivity index (χ2n) is 3.59. The summed E-state index contributed by atoms with van der Waals surface area (Å²) in [5.74, 6) is 5.28. The maximum Gasteiger partial charge on any atom is 0.275 e. The van der Waals surface area contributed by atoms with E-state index >= 15 is 0 Å². The molecule has 0 saturated carbocycles. The third-order valence-corrected chi connectivity index (χ3v) is 3.18. The van der Waals surface area contributed by atoms with E-state index in [1.165, 1.54) is 12.4 Å². The molecule has 4 N–H and O–H groups in total. The zero-order valence-electron chi connectivity index (χ0n) is 10.3. The minimum Gasteiger partial charge on any atom is -0.320 e. The molecule has 0 spiro atoms. The lowest BCUT2D eigenvalue weighted by Gasteiger charge is -2.08. The molecule has 1 amide bonds. The summed E-state index contributed by atoms with van der Waals surface area (Å²) >= 11 is 1.56. The highest BCUT2D eigenvalue weighted by atomic mass is 32.2. The number of para-hydroxylation sites is 1. The molecule has 0 radical (unpaired) electrons. The molecule has 19 heavy (non-hydrogen) atoms. The number of nitrogens with zero attached hydrogens (tertiary/aromatic N) is 2. The second-order valence-corrected chi connectivity index (χ2v) is 4.43. The molecule has 6 nitrogen and oxygen atoms in total. The Hall–Kier alpha value is -2.12. The van der Waals surface area contributed by atoms with Crippen LogP contribution in [-0.4, -0.2) is 22.1 Å². The summed E-state index contributed by atoms with van der Waals surface area (Å²) in [4.78, 5) is 20.9. The van der Waals surface area contributed by atoms with E-state index in [1.807, 2.05) is 30.5 Å². The van der Waals surface area contributed by atoms with E-state index in [0.717, 1.165) is 10.6 Å². The fourth-order valence-electron chi connectivity index (χ4n) is 1.45. The number of nitrogens with two attached hydrogens (primary N) is 1. The average Bonchev–Trinajstić information content (AvgIpc) is 2.48. The van der Waals surface area contributed by atoms with Crippen LogP contribution in [0.2, 0.25) is 0 Å². The van der Waals surface area contributed by atoms with Gasteiger partial charge in [-0.3, -0.25) is 4.79 Å². The molecule has 0 aliphatic carbocycles. The summed E-state index contributed by atoms with van der Waals surface area (Å²) in [5.41, 5.74) is 3.34. The summed E-state index contributed by atoms with van der Waals surface area (Å²) in [6.45, 7) is 0. The van der Waals surface area contributed by atoms with Crippen molar-refractivity contribution in [3.63, 3.8) is 0 Å². The molecule has 1 heterocycles. The van der Waals surface area contributed by atoms with Crippen LogP contribution < -0.4 is 16.6 Å². The molecule has 2 aromatic rings. The topological polar surface area (TPSA) is 92.9 Å². The molecule has 0 aliphatic heterocycles. The van der Waals surface area contributed by atoms with E-state index in [9.17, 15) is 4.79 Å². The van der Waals surface area contributed by atoms with E-state index < -0.39 is 0 Å². The van der Waals surface area contributed by atoms with E-state index in [-0.39, 0.29) is 11.6 Å². The van der Waals surface area contributed by atoms with Gasteiger partial charge in [0.05, 0.1) is 18.1 Å². The number of hydrogen-bond donors (Lipinski definition) is 3. The zero-order valence-corrected chi connectivity index (χ0v) is 11.1. The summed E-state index contributed by atoms with van der Waals surface area (Å²) in [7, 11) is 0. The van der Waals surface area contributed by atoms with Gasteiger partial charge in [0, 0.05) is 4.90 Å². The SMILES string of the molecule is CSc1ccccc1NC(=O)c1cnc(NN)cn1. The number of rotatable bonds is 4. The van der Waals surface area contributed by atoms with Crippen molar-refractivity contribution in [1.82, 2.24) is 9.97 Å². The van der Waals surface area contributed by atoms with Gasteiger partial charge >= 0.3 is 0 Å². The Kier molecular flexibility index (Phi) is 4.32. The molecule has 7 heteroatoms. The highest BCUT2D eigenvalue weighted by molar-refractivity contribution is 7.98. The molecule has 0 unspecified atom stereocenters. The van der Waals surface area contributed by atoms with E-state index in [1.54, 1.807) is 11.8 Å². The first kappa shape index (κ1) is 13.3. The number of nitrogen functional groups attached to an aromatic ring is 1. The standard InChI is InChI=1S/C12H13N5OS/c1-19-10-5-3-2-4-8(10)16-12(18)9-6-15-11(17-13)7-14-9/h2-7H,13H2,1H3,(H,15,17)(H,16,18). The third kappa shape index (κ3) is 3.21. The highest BCUT2D eigenvalue weighted by Crippen LogP contribution is 2.24. The lowest BCUT2D eigenvalue weighted by molar-refractivity contribution is 0.102. The predicted molar refractivity (Wildman–Crippen MR) is 76.0 cm³/mol. The summed E-state index contributed by atoms with van der Waals surface area (Å²) < 4.78 is 0. The van der Waals surface area contributed by atoms with Gasteiger partial charge < -0.3 is 10.7 Å². The lowest BCUT2D eigenvalue weighted by atomic mass is 10.3. The van der Waals surface area contributed by atoms with Crippen LogP contribution in [0.3, 0.4) is 0 Å². The number of aromatic nitrogens is 2. The molecule has 0 fully saturated rings. The molecule has 2 rings (SSSR count). The Morgan fingerprint density at radius 1 is 1.26 bits per heavy atom. The van der Waals surface area contributed by atoms with E-state index in [4.69, 9.17) is 5.84 Å². The number of amides is 1. The molecule has 0 atom stereocenters. The zero-order chi connectivity index (χ0) is 13.7.